The molecule has 0 aromatic heterocycles. The van der Waals surface area contributed by atoms with E-state index in [-0.39, 0.29) is 18.9 Å². The van der Waals surface area contributed by atoms with Gasteiger partial charge < -0.3 is 15.8 Å². The predicted octanol–water partition coefficient (Wildman–Crippen LogP) is 0.107. The van der Waals surface area contributed by atoms with Crippen LogP contribution in [0.2, 0.25) is 0 Å². The minimum atomic E-state index is -0.795. The van der Waals surface area contributed by atoms with Gasteiger partial charge in [-0.15, -0.1) is 0 Å². The van der Waals surface area contributed by atoms with E-state index in [1.807, 2.05) is 6.07 Å². The zero-order valence-electron chi connectivity index (χ0n) is 11.3. The second kappa shape index (κ2) is 7.92. The lowest BCUT2D eigenvalue weighted by Gasteiger charge is -2.15. The summed E-state index contributed by atoms with van der Waals surface area (Å²) in [5.74, 6) is -0.997. The second-order valence-electron chi connectivity index (χ2n) is 4.17. The first-order valence-corrected chi connectivity index (χ1v) is 6.22. The first kappa shape index (κ1) is 15.7. The number of nitrogens with zero attached hydrogens (tertiary/aromatic N) is 1. The number of carbonyl (C=O) groups excluding carboxylic acids is 2. The maximum Gasteiger partial charge on any atom is 0.246 e. The number of primary amides is 1. The standard InChI is InChI=1S/C14H17N3O3/c1-2-20-9-13(18)17-12(14(16)19)7-10-3-5-11(8-15)6-4-10/h3-6,12H,2,7,9H2,1H3,(H2,16,19)(H,17,18)/t12-/m0/s1. The molecule has 1 aromatic rings. The summed E-state index contributed by atoms with van der Waals surface area (Å²) in [6.45, 7) is 2.09. The van der Waals surface area contributed by atoms with Gasteiger partial charge in [0.1, 0.15) is 12.6 Å². The Morgan fingerprint density at radius 2 is 2.05 bits per heavy atom. The van der Waals surface area contributed by atoms with E-state index in [1.54, 1.807) is 31.2 Å². The van der Waals surface area contributed by atoms with E-state index >= 15 is 0 Å². The van der Waals surface area contributed by atoms with Crippen LogP contribution in [0.1, 0.15) is 18.1 Å². The van der Waals surface area contributed by atoms with Crippen LogP contribution in [-0.4, -0.2) is 31.1 Å². The third-order valence-electron chi connectivity index (χ3n) is 2.64. The Bertz CT molecular complexity index is 505. The fraction of sp³-hybridized carbons (Fsp3) is 0.357. The third kappa shape index (κ3) is 5.08. The molecule has 0 saturated carbocycles. The molecule has 0 bridgehead atoms. The van der Waals surface area contributed by atoms with Gasteiger partial charge in [-0.1, -0.05) is 12.1 Å². The van der Waals surface area contributed by atoms with Crippen LogP contribution in [0.4, 0.5) is 0 Å². The Balaban J connectivity index is 2.64. The molecular formula is C14H17N3O3. The number of ether oxygens (including phenoxy) is 1. The van der Waals surface area contributed by atoms with E-state index in [2.05, 4.69) is 5.32 Å². The van der Waals surface area contributed by atoms with E-state index in [1.165, 1.54) is 0 Å². The summed E-state index contributed by atoms with van der Waals surface area (Å²) < 4.78 is 4.96. The van der Waals surface area contributed by atoms with Gasteiger partial charge in [0.25, 0.3) is 0 Å². The fourth-order valence-corrected chi connectivity index (χ4v) is 1.60. The zero-order valence-corrected chi connectivity index (χ0v) is 11.3. The Hall–Kier alpha value is -2.39. The number of nitrogens with two attached hydrogens (primary N) is 1. The van der Waals surface area contributed by atoms with Crippen molar-refractivity contribution in [2.24, 2.45) is 5.73 Å². The molecule has 3 N–H and O–H groups in total. The number of benzene rings is 1. The summed E-state index contributed by atoms with van der Waals surface area (Å²) in [6.07, 6.45) is 0.277. The molecule has 0 unspecified atom stereocenters. The van der Waals surface area contributed by atoms with Crippen molar-refractivity contribution >= 4 is 11.8 Å². The molecule has 0 aliphatic carbocycles. The number of hydrogen-bond donors (Lipinski definition) is 2. The van der Waals surface area contributed by atoms with Crippen LogP contribution in [0.3, 0.4) is 0 Å². The van der Waals surface area contributed by atoms with Gasteiger partial charge in [0.15, 0.2) is 0 Å². The molecule has 6 heteroatoms. The molecule has 0 fully saturated rings. The average molecular weight is 275 g/mol. The van der Waals surface area contributed by atoms with Crippen LogP contribution < -0.4 is 11.1 Å². The van der Waals surface area contributed by atoms with Crippen LogP contribution in [0.15, 0.2) is 24.3 Å². The van der Waals surface area contributed by atoms with Gasteiger partial charge in [0.2, 0.25) is 11.8 Å². The van der Waals surface area contributed by atoms with Crippen molar-refractivity contribution in [3.8, 4) is 6.07 Å². The molecule has 1 rings (SSSR count). The molecule has 0 aliphatic heterocycles. The first-order valence-electron chi connectivity index (χ1n) is 6.22. The highest BCUT2D eigenvalue weighted by Crippen LogP contribution is 2.06. The molecule has 6 nitrogen and oxygen atoms in total. The SMILES string of the molecule is CCOCC(=O)N[C@@H](Cc1ccc(C#N)cc1)C(N)=O. The van der Waals surface area contributed by atoms with Gasteiger partial charge in [-0.3, -0.25) is 9.59 Å². The third-order valence-corrected chi connectivity index (χ3v) is 2.64. The lowest BCUT2D eigenvalue weighted by atomic mass is 10.0. The van der Waals surface area contributed by atoms with Gasteiger partial charge in [-0.25, -0.2) is 0 Å². The van der Waals surface area contributed by atoms with Crippen molar-refractivity contribution in [1.82, 2.24) is 5.32 Å². The Kier molecular flexibility index (Phi) is 6.20. The number of hydrogen-bond acceptors (Lipinski definition) is 4. The maximum atomic E-state index is 11.5. The van der Waals surface area contributed by atoms with Crippen LogP contribution in [-0.2, 0) is 20.7 Å². The van der Waals surface area contributed by atoms with Crippen molar-refractivity contribution in [2.75, 3.05) is 13.2 Å². The minimum Gasteiger partial charge on any atom is -0.372 e. The molecule has 1 aromatic carbocycles. The Labute approximate surface area is 117 Å². The molecule has 0 saturated heterocycles. The predicted molar refractivity (Wildman–Crippen MR) is 72.5 cm³/mol. The molecule has 20 heavy (non-hydrogen) atoms. The summed E-state index contributed by atoms with van der Waals surface area (Å²) in [4.78, 5) is 22.9. The van der Waals surface area contributed by atoms with Crippen LogP contribution >= 0.6 is 0 Å². The lowest BCUT2D eigenvalue weighted by Crippen LogP contribution is -2.47. The molecule has 0 spiro atoms. The van der Waals surface area contributed by atoms with E-state index in [4.69, 9.17) is 15.7 Å². The van der Waals surface area contributed by atoms with Gasteiger partial charge in [-0.2, -0.15) is 5.26 Å². The highest BCUT2D eigenvalue weighted by atomic mass is 16.5. The van der Waals surface area contributed by atoms with E-state index in [9.17, 15) is 9.59 Å². The Morgan fingerprint density at radius 3 is 2.55 bits per heavy atom. The number of amides is 2. The second-order valence-corrected chi connectivity index (χ2v) is 4.17. The van der Waals surface area contributed by atoms with Crippen molar-refractivity contribution in [3.05, 3.63) is 35.4 Å². The summed E-state index contributed by atoms with van der Waals surface area (Å²) >= 11 is 0. The van der Waals surface area contributed by atoms with Crippen molar-refractivity contribution < 1.29 is 14.3 Å². The summed E-state index contributed by atoms with van der Waals surface area (Å²) in [7, 11) is 0. The summed E-state index contributed by atoms with van der Waals surface area (Å²) in [5, 5.41) is 11.2. The van der Waals surface area contributed by atoms with Crippen LogP contribution in [0.25, 0.3) is 0 Å². The number of rotatable bonds is 7. The van der Waals surface area contributed by atoms with Crippen molar-refractivity contribution in [1.29, 1.82) is 5.26 Å². The highest BCUT2D eigenvalue weighted by molar-refractivity contribution is 5.87. The number of nitriles is 1. The Morgan fingerprint density at radius 1 is 1.40 bits per heavy atom. The lowest BCUT2D eigenvalue weighted by molar-refractivity contribution is -0.130. The first-order chi connectivity index (χ1) is 9.56. The van der Waals surface area contributed by atoms with Crippen LogP contribution in [0.5, 0.6) is 0 Å². The number of carbonyl (C=O) groups is 2. The zero-order chi connectivity index (χ0) is 15.0. The van der Waals surface area contributed by atoms with Gasteiger partial charge in [0.05, 0.1) is 11.6 Å². The van der Waals surface area contributed by atoms with E-state index < -0.39 is 11.9 Å². The molecular weight excluding hydrogens is 258 g/mol. The average Bonchev–Trinajstić information content (AvgIpc) is 2.45. The minimum absolute atomic E-state index is 0.104. The quantitative estimate of drug-likeness (QED) is 0.736. The van der Waals surface area contributed by atoms with Gasteiger partial charge in [0, 0.05) is 13.0 Å². The van der Waals surface area contributed by atoms with E-state index in [0.29, 0.717) is 12.2 Å². The summed E-state index contributed by atoms with van der Waals surface area (Å²) in [5.41, 5.74) is 6.61. The van der Waals surface area contributed by atoms with Crippen molar-refractivity contribution in [2.45, 2.75) is 19.4 Å². The van der Waals surface area contributed by atoms with Gasteiger partial charge >= 0.3 is 0 Å². The van der Waals surface area contributed by atoms with Crippen LogP contribution in [0, 0.1) is 11.3 Å². The normalized spacial score (nSPS) is 11.4. The highest BCUT2D eigenvalue weighted by Gasteiger charge is 2.18. The molecule has 106 valence electrons. The van der Waals surface area contributed by atoms with Crippen molar-refractivity contribution in [3.63, 3.8) is 0 Å². The molecule has 2 amide bonds. The molecule has 0 radical (unpaired) electrons. The topological polar surface area (TPSA) is 105 Å². The maximum absolute atomic E-state index is 11.5. The number of nitrogens with one attached hydrogen (secondary N) is 1. The molecule has 1 atom stereocenters. The summed E-state index contributed by atoms with van der Waals surface area (Å²) in [6, 6.07) is 7.96. The molecule has 0 aliphatic rings. The monoisotopic (exact) mass is 275 g/mol. The van der Waals surface area contributed by atoms with Gasteiger partial charge in [-0.05, 0) is 24.6 Å². The largest absolute Gasteiger partial charge is 0.372 e. The molecule has 0 heterocycles. The smallest absolute Gasteiger partial charge is 0.246 e. The fourth-order valence-electron chi connectivity index (χ4n) is 1.60. The van der Waals surface area contributed by atoms with E-state index in [0.717, 1.165) is 5.56 Å².